The number of benzene rings is 2. The Kier molecular flexibility index (Phi) is 6.05. The Balaban J connectivity index is 1.94. The van der Waals surface area contributed by atoms with Crippen molar-refractivity contribution in [1.82, 2.24) is 4.98 Å². The second-order valence-corrected chi connectivity index (χ2v) is 6.44. The third kappa shape index (κ3) is 4.10. The molecule has 0 saturated carbocycles. The maximum absolute atomic E-state index is 12.9. The van der Waals surface area contributed by atoms with Crippen molar-refractivity contribution in [2.45, 2.75) is 0 Å². The van der Waals surface area contributed by atoms with E-state index in [2.05, 4.69) is 4.98 Å². The van der Waals surface area contributed by atoms with E-state index in [1.54, 1.807) is 17.5 Å². The molecule has 0 fully saturated rings. The fourth-order valence-corrected chi connectivity index (χ4v) is 3.36. The smallest absolute Gasteiger partial charge is 0.212 e. The number of aromatic nitrogens is 1. The van der Waals surface area contributed by atoms with Gasteiger partial charge in [0.15, 0.2) is 11.5 Å². The van der Waals surface area contributed by atoms with Crippen molar-refractivity contribution in [3.8, 4) is 27.8 Å². The average Bonchev–Trinajstić information content (AvgIpc) is 3.22. The quantitative estimate of drug-likeness (QED) is 0.599. The Bertz CT molecular complexity index is 900. The predicted octanol–water partition coefficient (Wildman–Crippen LogP) is 3.40. The van der Waals surface area contributed by atoms with E-state index in [4.69, 9.17) is 19.9 Å². The predicted molar refractivity (Wildman–Crippen MR) is 105 cm³/mol. The topological polar surface area (TPSA) is 83.7 Å². The van der Waals surface area contributed by atoms with Crippen LogP contribution in [0.25, 0.3) is 10.6 Å². The molecule has 3 aromatic rings. The molecule has 0 saturated heterocycles. The van der Waals surface area contributed by atoms with Crippen LogP contribution in [0.3, 0.4) is 0 Å². The number of ketones is 1. The number of methoxy groups -OCH3 is 2. The summed E-state index contributed by atoms with van der Waals surface area (Å²) in [5, 5.41) is 2.54. The van der Waals surface area contributed by atoms with Crippen molar-refractivity contribution in [1.29, 1.82) is 0 Å². The molecule has 0 atom stereocenters. The normalized spacial score (nSPS) is 10.5. The Morgan fingerprint density at radius 1 is 1.11 bits per heavy atom. The van der Waals surface area contributed by atoms with Crippen LogP contribution in [-0.4, -0.2) is 38.1 Å². The van der Waals surface area contributed by atoms with Crippen LogP contribution in [0.1, 0.15) is 16.1 Å². The Labute approximate surface area is 161 Å². The highest BCUT2D eigenvalue weighted by Crippen LogP contribution is 2.39. The number of hydrogen-bond donors (Lipinski definition) is 1. The first kappa shape index (κ1) is 18.9. The van der Waals surface area contributed by atoms with Gasteiger partial charge in [-0.15, -0.1) is 11.3 Å². The number of nitrogens with zero attached hydrogens (tertiary/aromatic N) is 1. The maximum atomic E-state index is 12.9. The monoisotopic (exact) mass is 384 g/mol. The van der Waals surface area contributed by atoms with Crippen molar-refractivity contribution < 1.29 is 19.0 Å². The van der Waals surface area contributed by atoms with Crippen LogP contribution in [0.2, 0.25) is 0 Å². The highest BCUT2D eigenvalue weighted by atomic mass is 32.1. The summed E-state index contributed by atoms with van der Waals surface area (Å²) >= 11 is 1.43. The second kappa shape index (κ2) is 8.66. The molecule has 2 aromatic carbocycles. The van der Waals surface area contributed by atoms with E-state index < -0.39 is 0 Å². The zero-order chi connectivity index (χ0) is 19.2. The number of carbonyl (C=O) groups is 1. The molecule has 1 aromatic heterocycles. The molecule has 2 N–H and O–H groups in total. The lowest BCUT2D eigenvalue weighted by Crippen LogP contribution is -2.12. The van der Waals surface area contributed by atoms with E-state index in [1.165, 1.54) is 25.6 Å². The van der Waals surface area contributed by atoms with E-state index in [0.717, 1.165) is 10.6 Å². The molecule has 0 aliphatic carbocycles. The van der Waals surface area contributed by atoms with Gasteiger partial charge in [0.05, 0.1) is 14.2 Å². The SMILES string of the molecule is COc1cc(C(=O)c2csc(-c3ccccc3)n2)cc(OC)c1OCCN. The van der Waals surface area contributed by atoms with Gasteiger partial charge in [-0.1, -0.05) is 30.3 Å². The lowest BCUT2D eigenvalue weighted by molar-refractivity contribution is 0.103. The molecule has 140 valence electrons. The second-order valence-electron chi connectivity index (χ2n) is 5.58. The number of ether oxygens (including phenoxy) is 3. The molecule has 0 aliphatic rings. The summed E-state index contributed by atoms with van der Waals surface area (Å²) in [6, 6.07) is 13.0. The largest absolute Gasteiger partial charge is 0.493 e. The number of hydrogen-bond acceptors (Lipinski definition) is 7. The van der Waals surface area contributed by atoms with Gasteiger partial charge in [-0.2, -0.15) is 0 Å². The van der Waals surface area contributed by atoms with Gasteiger partial charge in [0, 0.05) is 23.1 Å². The number of nitrogens with two attached hydrogens (primary N) is 1. The maximum Gasteiger partial charge on any atom is 0.212 e. The van der Waals surface area contributed by atoms with Crippen molar-refractivity contribution in [2.75, 3.05) is 27.4 Å². The van der Waals surface area contributed by atoms with Gasteiger partial charge >= 0.3 is 0 Å². The van der Waals surface area contributed by atoms with Gasteiger partial charge in [0.2, 0.25) is 11.5 Å². The molecule has 0 unspecified atom stereocenters. The summed E-state index contributed by atoms with van der Waals surface area (Å²) in [6.45, 7) is 0.667. The molecule has 0 amide bonds. The Morgan fingerprint density at radius 2 is 1.78 bits per heavy atom. The summed E-state index contributed by atoms with van der Waals surface area (Å²) in [5.41, 5.74) is 7.25. The minimum atomic E-state index is -0.213. The van der Waals surface area contributed by atoms with Crippen LogP contribution in [0.15, 0.2) is 47.8 Å². The fraction of sp³-hybridized carbons (Fsp3) is 0.200. The van der Waals surface area contributed by atoms with E-state index >= 15 is 0 Å². The van der Waals surface area contributed by atoms with Gasteiger partial charge in [-0.25, -0.2) is 4.98 Å². The highest BCUT2D eigenvalue weighted by Gasteiger charge is 2.20. The summed E-state index contributed by atoms with van der Waals surface area (Å²) in [6.07, 6.45) is 0. The summed E-state index contributed by atoms with van der Waals surface area (Å²) in [4.78, 5) is 17.4. The van der Waals surface area contributed by atoms with Crippen LogP contribution < -0.4 is 19.9 Å². The molecule has 1 heterocycles. The van der Waals surface area contributed by atoms with Crippen molar-refractivity contribution >= 4 is 17.1 Å². The average molecular weight is 384 g/mol. The molecule has 0 aliphatic heterocycles. The van der Waals surface area contributed by atoms with Gasteiger partial charge in [-0.3, -0.25) is 4.79 Å². The molecule has 7 heteroatoms. The summed E-state index contributed by atoms with van der Waals surface area (Å²) < 4.78 is 16.3. The van der Waals surface area contributed by atoms with E-state index in [9.17, 15) is 4.79 Å². The van der Waals surface area contributed by atoms with Crippen molar-refractivity contribution in [3.05, 3.63) is 59.1 Å². The van der Waals surface area contributed by atoms with E-state index in [0.29, 0.717) is 41.7 Å². The zero-order valence-corrected chi connectivity index (χ0v) is 15.9. The van der Waals surface area contributed by atoms with Crippen LogP contribution in [-0.2, 0) is 0 Å². The van der Waals surface area contributed by atoms with Gasteiger partial charge in [-0.05, 0) is 12.1 Å². The number of carbonyl (C=O) groups excluding carboxylic acids is 1. The van der Waals surface area contributed by atoms with Crippen LogP contribution in [0.5, 0.6) is 17.2 Å². The third-order valence-electron chi connectivity index (χ3n) is 3.84. The summed E-state index contributed by atoms with van der Waals surface area (Å²) in [5.74, 6) is 1.02. The molecular formula is C20H20N2O4S. The first-order valence-electron chi connectivity index (χ1n) is 8.32. The molecule has 0 bridgehead atoms. The van der Waals surface area contributed by atoms with Crippen LogP contribution in [0, 0.1) is 0 Å². The molecule has 0 spiro atoms. The summed E-state index contributed by atoms with van der Waals surface area (Å²) in [7, 11) is 3.02. The van der Waals surface area contributed by atoms with Crippen molar-refractivity contribution in [2.24, 2.45) is 5.73 Å². The Morgan fingerprint density at radius 3 is 2.37 bits per heavy atom. The Hall–Kier alpha value is -2.90. The van der Waals surface area contributed by atoms with E-state index in [-0.39, 0.29) is 5.78 Å². The standard InChI is InChI=1S/C20H20N2O4S/c1-24-16-10-14(11-17(25-2)19(16)26-9-8-21)18(23)15-12-27-20(22-15)13-6-4-3-5-7-13/h3-7,10-12H,8-9,21H2,1-2H3. The molecule has 3 rings (SSSR count). The lowest BCUT2D eigenvalue weighted by atomic mass is 10.1. The fourth-order valence-electron chi connectivity index (χ4n) is 2.55. The zero-order valence-electron chi connectivity index (χ0n) is 15.1. The van der Waals surface area contributed by atoms with Gasteiger partial charge < -0.3 is 19.9 Å². The molecular weight excluding hydrogens is 364 g/mol. The first-order chi connectivity index (χ1) is 13.2. The lowest BCUT2D eigenvalue weighted by Gasteiger charge is -2.15. The number of rotatable bonds is 8. The molecule has 0 radical (unpaired) electrons. The highest BCUT2D eigenvalue weighted by molar-refractivity contribution is 7.13. The van der Waals surface area contributed by atoms with Gasteiger partial charge in [0.1, 0.15) is 17.3 Å². The van der Waals surface area contributed by atoms with E-state index in [1.807, 2.05) is 30.3 Å². The van der Waals surface area contributed by atoms with Gasteiger partial charge in [0.25, 0.3) is 0 Å². The van der Waals surface area contributed by atoms with Crippen LogP contribution >= 0.6 is 11.3 Å². The molecule has 6 nitrogen and oxygen atoms in total. The molecule has 27 heavy (non-hydrogen) atoms. The number of thiazole rings is 1. The first-order valence-corrected chi connectivity index (χ1v) is 9.20. The minimum absolute atomic E-state index is 0.213. The van der Waals surface area contributed by atoms with Crippen LogP contribution in [0.4, 0.5) is 0 Å². The third-order valence-corrected chi connectivity index (χ3v) is 4.74. The van der Waals surface area contributed by atoms with Crippen molar-refractivity contribution in [3.63, 3.8) is 0 Å². The minimum Gasteiger partial charge on any atom is -0.493 e.